The number of ether oxygens (including phenoxy) is 1. The van der Waals surface area contributed by atoms with Crippen LogP contribution in [-0.2, 0) is 11.2 Å². The van der Waals surface area contributed by atoms with Gasteiger partial charge in [-0.05, 0) is 43.2 Å². The van der Waals surface area contributed by atoms with Crippen molar-refractivity contribution < 1.29 is 14.6 Å². The van der Waals surface area contributed by atoms with Crippen molar-refractivity contribution in [1.29, 1.82) is 0 Å². The number of pyridine rings is 1. The van der Waals surface area contributed by atoms with Crippen LogP contribution in [0.5, 0.6) is 0 Å². The summed E-state index contributed by atoms with van der Waals surface area (Å²) in [5.41, 5.74) is 2.17. The van der Waals surface area contributed by atoms with Gasteiger partial charge in [-0.15, -0.1) is 0 Å². The Morgan fingerprint density at radius 1 is 1.29 bits per heavy atom. The number of hydrogen-bond acceptors (Lipinski definition) is 5. The Labute approximate surface area is 146 Å². The molecule has 0 spiro atoms. The first kappa shape index (κ1) is 18.4. The fourth-order valence-electron chi connectivity index (χ4n) is 2.35. The zero-order valence-electron chi connectivity index (χ0n) is 13.7. The van der Waals surface area contributed by atoms with Crippen LogP contribution in [0.15, 0.2) is 42.5 Å². The second-order valence-electron chi connectivity index (χ2n) is 5.60. The van der Waals surface area contributed by atoms with Crippen molar-refractivity contribution in [2.45, 2.75) is 25.5 Å². The van der Waals surface area contributed by atoms with Gasteiger partial charge in [0.1, 0.15) is 11.3 Å². The number of methoxy groups -OCH3 is 1. The van der Waals surface area contributed by atoms with Crippen LogP contribution in [0.4, 0.5) is 0 Å². The van der Waals surface area contributed by atoms with E-state index in [2.05, 4.69) is 15.0 Å². The lowest BCUT2D eigenvalue weighted by Crippen LogP contribution is -2.32. The van der Waals surface area contributed by atoms with Gasteiger partial charge in [0.2, 0.25) is 0 Å². The van der Waals surface area contributed by atoms with E-state index >= 15 is 0 Å². The largest absolute Gasteiger partial charge is 0.465 e. The summed E-state index contributed by atoms with van der Waals surface area (Å²) in [7, 11) is 1.36. The maximum Gasteiger partial charge on any atom is 0.337 e. The SMILES string of the molecule is COC(=O)c1ccc(C[C@@H](C)NC[C@H](O)c2cccc(Cl)n2)cc1. The van der Waals surface area contributed by atoms with E-state index in [-0.39, 0.29) is 12.0 Å². The summed E-state index contributed by atoms with van der Waals surface area (Å²) >= 11 is 5.83. The minimum Gasteiger partial charge on any atom is -0.465 e. The number of aromatic nitrogens is 1. The van der Waals surface area contributed by atoms with Crippen molar-refractivity contribution in [2.75, 3.05) is 13.7 Å². The molecule has 0 bridgehead atoms. The lowest BCUT2D eigenvalue weighted by Gasteiger charge is -2.17. The fraction of sp³-hybridized carbons (Fsp3) is 0.333. The first-order valence-corrected chi connectivity index (χ1v) is 8.08. The molecule has 1 heterocycles. The van der Waals surface area contributed by atoms with E-state index in [0.29, 0.717) is 23.0 Å². The highest BCUT2D eigenvalue weighted by Crippen LogP contribution is 2.13. The molecule has 0 aliphatic rings. The molecule has 0 aliphatic heterocycles. The van der Waals surface area contributed by atoms with Gasteiger partial charge >= 0.3 is 5.97 Å². The molecule has 24 heavy (non-hydrogen) atoms. The number of nitrogens with one attached hydrogen (secondary N) is 1. The summed E-state index contributed by atoms with van der Waals surface area (Å²) in [5, 5.41) is 13.8. The number of aliphatic hydroxyl groups excluding tert-OH is 1. The van der Waals surface area contributed by atoms with E-state index in [1.54, 1.807) is 30.3 Å². The zero-order chi connectivity index (χ0) is 17.5. The van der Waals surface area contributed by atoms with Crippen molar-refractivity contribution in [3.8, 4) is 0 Å². The van der Waals surface area contributed by atoms with Crippen molar-refractivity contribution in [3.05, 3.63) is 64.4 Å². The molecule has 0 amide bonds. The first-order valence-electron chi connectivity index (χ1n) is 7.70. The quantitative estimate of drug-likeness (QED) is 0.594. The van der Waals surface area contributed by atoms with Crippen LogP contribution in [0.25, 0.3) is 0 Å². The molecule has 0 aliphatic carbocycles. The minimum atomic E-state index is -0.715. The molecular weight excluding hydrogens is 328 g/mol. The standard InChI is InChI=1S/C18H21ClN2O3/c1-12(10-13-6-8-14(9-7-13)18(23)24-2)20-11-16(22)15-4-3-5-17(19)21-15/h3-9,12,16,20,22H,10-11H2,1-2H3/t12-,16+/m1/s1. The Morgan fingerprint density at radius 2 is 2.00 bits per heavy atom. The third kappa shape index (κ3) is 5.30. The number of carbonyl (C=O) groups is 1. The van der Waals surface area contributed by atoms with Crippen LogP contribution in [0, 0.1) is 0 Å². The van der Waals surface area contributed by atoms with Crippen molar-refractivity contribution >= 4 is 17.6 Å². The molecule has 0 unspecified atom stereocenters. The van der Waals surface area contributed by atoms with Crippen molar-refractivity contribution in [3.63, 3.8) is 0 Å². The van der Waals surface area contributed by atoms with Gasteiger partial charge in [0.05, 0.1) is 18.4 Å². The predicted molar refractivity (Wildman–Crippen MR) is 93.2 cm³/mol. The number of aliphatic hydroxyl groups is 1. The number of benzene rings is 1. The molecule has 2 atom stereocenters. The highest BCUT2D eigenvalue weighted by molar-refractivity contribution is 6.29. The Bertz CT molecular complexity index is 676. The van der Waals surface area contributed by atoms with Gasteiger partial charge in [0, 0.05) is 12.6 Å². The number of nitrogens with zero attached hydrogens (tertiary/aromatic N) is 1. The molecule has 2 N–H and O–H groups in total. The number of hydrogen-bond donors (Lipinski definition) is 2. The normalized spacial score (nSPS) is 13.3. The maximum absolute atomic E-state index is 11.4. The van der Waals surface area contributed by atoms with Gasteiger partial charge in [-0.3, -0.25) is 0 Å². The van der Waals surface area contributed by atoms with Gasteiger partial charge < -0.3 is 15.2 Å². The number of carbonyl (C=O) groups excluding carboxylic acids is 1. The highest BCUT2D eigenvalue weighted by atomic mass is 35.5. The van der Waals surface area contributed by atoms with Gasteiger partial charge in [0.15, 0.2) is 0 Å². The Kier molecular flexibility index (Phi) is 6.73. The van der Waals surface area contributed by atoms with E-state index in [1.165, 1.54) is 7.11 Å². The number of halogens is 1. The maximum atomic E-state index is 11.4. The zero-order valence-corrected chi connectivity index (χ0v) is 14.5. The summed E-state index contributed by atoms with van der Waals surface area (Å²) in [5.74, 6) is -0.343. The van der Waals surface area contributed by atoms with Crippen LogP contribution in [0.3, 0.4) is 0 Å². The van der Waals surface area contributed by atoms with Gasteiger partial charge in [-0.2, -0.15) is 0 Å². The predicted octanol–water partition coefficient (Wildman–Crippen LogP) is 2.78. The summed E-state index contributed by atoms with van der Waals surface area (Å²) in [6.07, 6.45) is 0.0600. The average molecular weight is 349 g/mol. The second kappa shape index (κ2) is 8.78. The van der Waals surface area contributed by atoms with E-state index in [4.69, 9.17) is 11.6 Å². The lowest BCUT2D eigenvalue weighted by molar-refractivity contribution is 0.0600. The van der Waals surface area contributed by atoms with Gasteiger partial charge in [0.25, 0.3) is 0 Å². The molecule has 128 valence electrons. The molecule has 0 radical (unpaired) electrons. The van der Waals surface area contributed by atoms with E-state index in [1.807, 2.05) is 19.1 Å². The average Bonchev–Trinajstić information content (AvgIpc) is 2.59. The molecule has 1 aromatic carbocycles. The monoisotopic (exact) mass is 348 g/mol. The molecule has 5 nitrogen and oxygen atoms in total. The van der Waals surface area contributed by atoms with Crippen LogP contribution in [0.1, 0.15) is 34.6 Å². The molecule has 1 aromatic heterocycles. The van der Waals surface area contributed by atoms with Crippen LogP contribution < -0.4 is 5.32 Å². The first-order chi connectivity index (χ1) is 11.5. The third-order valence-corrected chi connectivity index (χ3v) is 3.87. The topological polar surface area (TPSA) is 71.5 Å². The lowest BCUT2D eigenvalue weighted by atomic mass is 10.0. The van der Waals surface area contributed by atoms with Gasteiger partial charge in [-0.1, -0.05) is 29.8 Å². The number of esters is 1. The second-order valence-corrected chi connectivity index (χ2v) is 5.99. The van der Waals surface area contributed by atoms with Gasteiger partial charge in [-0.25, -0.2) is 9.78 Å². The summed E-state index contributed by atoms with van der Waals surface area (Å²) in [6, 6.07) is 12.6. The third-order valence-electron chi connectivity index (χ3n) is 3.65. The van der Waals surface area contributed by atoms with E-state index in [9.17, 15) is 9.90 Å². The summed E-state index contributed by atoms with van der Waals surface area (Å²) in [6.45, 7) is 2.42. The van der Waals surface area contributed by atoms with E-state index < -0.39 is 6.10 Å². The van der Waals surface area contributed by atoms with Crippen LogP contribution in [0.2, 0.25) is 5.15 Å². The van der Waals surface area contributed by atoms with Crippen LogP contribution in [-0.4, -0.2) is 35.8 Å². The molecule has 6 heteroatoms. The van der Waals surface area contributed by atoms with Crippen LogP contribution >= 0.6 is 11.6 Å². The Balaban J connectivity index is 1.84. The van der Waals surface area contributed by atoms with E-state index in [0.717, 1.165) is 12.0 Å². The Morgan fingerprint density at radius 3 is 2.62 bits per heavy atom. The summed E-state index contributed by atoms with van der Waals surface area (Å²) < 4.78 is 4.68. The summed E-state index contributed by atoms with van der Waals surface area (Å²) in [4.78, 5) is 15.5. The van der Waals surface area contributed by atoms with Crippen molar-refractivity contribution in [1.82, 2.24) is 10.3 Å². The molecule has 2 rings (SSSR count). The molecule has 0 fully saturated rings. The molecule has 0 saturated carbocycles. The number of rotatable bonds is 7. The smallest absolute Gasteiger partial charge is 0.337 e. The molecular formula is C18H21ClN2O3. The fourth-order valence-corrected chi connectivity index (χ4v) is 2.52. The molecule has 2 aromatic rings. The highest BCUT2D eigenvalue weighted by Gasteiger charge is 2.12. The van der Waals surface area contributed by atoms with Crippen molar-refractivity contribution in [2.24, 2.45) is 0 Å². The Hall–Kier alpha value is -1.95. The molecule has 0 saturated heterocycles. The minimum absolute atomic E-state index is 0.155.